The molecule has 0 radical (unpaired) electrons. The van der Waals surface area contributed by atoms with E-state index in [1.807, 2.05) is 34.6 Å². The molecule has 52 heavy (non-hydrogen) atoms. The largest absolute Gasteiger partial charge is 0.444 e. The van der Waals surface area contributed by atoms with Gasteiger partial charge in [0.25, 0.3) is 5.91 Å². The van der Waals surface area contributed by atoms with E-state index in [1.165, 1.54) is 9.80 Å². The molecule has 1 aromatic rings. The van der Waals surface area contributed by atoms with Crippen molar-refractivity contribution in [2.24, 2.45) is 28.6 Å². The topological polar surface area (TPSA) is 183 Å². The molecule has 1 aliphatic heterocycles. The molecule has 1 aromatic carbocycles. The van der Waals surface area contributed by atoms with Crippen LogP contribution in [-0.2, 0) is 33.5 Å². The molecule has 1 unspecified atom stereocenters. The van der Waals surface area contributed by atoms with E-state index in [0.29, 0.717) is 12.1 Å². The van der Waals surface area contributed by atoms with E-state index in [4.69, 9.17) is 4.74 Å². The predicted octanol–water partition coefficient (Wildman–Crippen LogP) is 2.32. The van der Waals surface area contributed by atoms with E-state index in [-0.39, 0.29) is 35.5 Å². The highest BCUT2D eigenvalue weighted by Crippen LogP contribution is 2.65. The van der Waals surface area contributed by atoms with Crippen molar-refractivity contribution in [2.75, 3.05) is 27.2 Å². The van der Waals surface area contributed by atoms with Crippen molar-refractivity contribution in [3.63, 3.8) is 0 Å². The Morgan fingerprint density at radius 3 is 2.08 bits per heavy atom. The van der Waals surface area contributed by atoms with Gasteiger partial charge in [-0.25, -0.2) is 4.79 Å². The molecular weight excluding hydrogens is 668 g/mol. The SMILES string of the molecule is CN(C)C(=O)[C@@H](NC(=O)CNC(=O)C(=O)C(CC1CC1)NC(=O)[C@@H]1[C@@H]2[C@H](CN1C(=O)[C@@H](NC(=O)OC(C)(C)C)C(C)(C)C)C2(C)C)c1ccccc1. The Balaban J connectivity index is 1.46. The minimum absolute atomic E-state index is 0.0350. The summed E-state index contributed by atoms with van der Waals surface area (Å²) >= 11 is 0. The van der Waals surface area contributed by atoms with Crippen molar-refractivity contribution in [3.05, 3.63) is 35.9 Å². The smallest absolute Gasteiger partial charge is 0.408 e. The maximum Gasteiger partial charge on any atom is 0.408 e. The van der Waals surface area contributed by atoms with Gasteiger partial charge in [0, 0.05) is 20.6 Å². The Hall–Kier alpha value is -4.49. The first kappa shape index (κ1) is 40.3. The fourth-order valence-corrected chi connectivity index (χ4v) is 7.04. The van der Waals surface area contributed by atoms with Crippen LogP contribution in [0.2, 0.25) is 0 Å². The lowest BCUT2D eigenvalue weighted by Crippen LogP contribution is -2.61. The Bertz CT molecular complexity index is 1560. The van der Waals surface area contributed by atoms with Crippen LogP contribution in [0.25, 0.3) is 0 Å². The molecule has 2 saturated carbocycles. The second-order valence-corrected chi connectivity index (χ2v) is 17.3. The minimum atomic E-state index is -1.17. The normalized spacial score (nSPS) is 22.1. The monoisotopic (exact) mass is 724 g/mol. The van der Waals surface area contributed by atoms with Gasteiger partial charge >= 0.3 is 6.09 Å². The average molecular weight is 725 g/mol. The number of Topliss-reactive ketones (excluding diaryl/α,β-unsaturated/α-hetero) is 1. The summed E-state index contributed by atoms with van der Waals surface area (Å²) in [7, 11) is 3.13. The number of ketones is 1. The zero-order valence-electron chi connectivity index (χ0n) is 32.1. The number of hydrogen-bond acceptors (Lipinski definition) is 8. The molecule has 3 aliphatic rings. The molecule has 0 spiro atoms. The Kier molecular flexibility index (Phi) is 11.8. The maximum atomic E-state index is 14.2. The van der Waals surface area contributed by atoms with Gasteiger partial charge in [0.2, 0.25) is 29.4 Å². The van der Waals surface area contributed by atoms with Crippen LogP contribution >= 0.6 is 0 Å². The minimum Gasteiger partial charge on any atom is -0.444 e. The lowest BCUT2D eigenvalue weighted by molar-refractivity contribution is -0.145. The number of nitrogens with one attached hydrogen (secondary N) is 4. The number of carbonyl (C=O) groups is 7. The summed E-state index contributed by atoms with van der Waals surface area (Å²) in [5.74, 6) is -3.99. The molecule has 0 aromatic heterocycles. The summed E-state index contributed by atoms with van der Waals surface area (Å²) in [6.45, 7) is 14.4. The number of likely N-dealkylation sites (tertiary alicyclic amines) is 1. The summed E-state index contributed by atoms with van der Waals surface area (Å²) in [4.78, 5) is 96.4. The van der Waals surface area contributed by atoms with Crippen molar-refractivity contribution < 1.29 is 38.3 Å². The first-order valence-electron chi connectivity index (χ1n) is 18.0. The fourth-order valence-electron chi connectivity index (χ4n) is 7.04. The van der Waals surface area contributed by atoms with E-state index in [2.05, 4.69) is 21.3 Å². The molecule has 286 valence electrons. The number of fused-ring (bicyclic) bond motifs is 1. The van der Waals surface area contributed by atoms with Crippen molar-refractivity contribution >= 4 is 41.4 Å². The third-order valence-corrected chi connectivity index (χ3v) is 10.2. The molecule has 14 nitrogen and oxygen atoms in total. The molecule has 0 bridgehead atoms. The van der Waals surface area contributed by atoms with Crippen LogP contribution in [0.1, 0.15) is 86.3 Å². The highest BCUT2D eigenvalue weighted by atomic mass is 16.6. The van der Waals surface area contributed by atoms with Gasteiger partial charge in [0.15, 0.2) is 0 Å². The fraction of sp³-hybridized carbons (Fsp3) is 0.658. The van der Waals surface area contributed by atoms with Crippen molar-refractivity contribution in [3.8, 4) is 0 Å². The number of carbonyl (C=O) groups excluding carboxylic acids is 7. The highest BCUT2D eigenvalue weighted by Gasteiger charge is 2.70. The number of nitrogens with zero attached hydrogens (tertiary/aromatic N) is 2. The number of ether oxygens (including phenoxy) is 1. The number of likely N-dealkylation sites (N-methyl/N-ethyl adjacent to an activating group) is 1. The molecule has 4 rings (SSSR count). The van der Waals surface area contributed by atoms with Crippen molar-refractivity contribution in [1.82, 2.24) is 31.1 Å². The number of piperidine rings is 1. The van der Waals surface area contributed by atoms with Gasteiger partial charge in [0.05, 0.1) is 12.6 Å². The van der Waals surface area contributed by atoms with Crippen LogP contribution < -0.4 is 21.3 Å². The third kappa shape index (κ3) is 9.68. The zero-order chi connectivity index (χ0) is 38.9. The molecule has 1 heterocycles. The van der Waals surface area contributed by atoms with Gasteiger partial charge < -0.3 is 35.8 Å². The summed E-state index contributed by atoms with van der Waals surface area (Å²) in [6, 6.07) is 4.55. The van der Waals surface area contributed by atoms with Crippen molar-refractivity contribution in [2.45, 2.75) is 104 Å². The first-order valence-corrected chi connectivity index (χ1v) is 18.0. The third-order valence-electron chi connectivity index (χ3n) is 10.2. The maximum absolute atomic E-state index is 14.2. The number of alkyl carbamates (subject to hydrolysis) is 1. The molecule has 1 saturated heterocycles. The van der Waals surface area contributed by atoms with Gasteiger partial charge in [0.1, 0.15) is 23.7 Å². The summed E-state index contributed by atoms with van der Waals surface area (Å²) in [5.41, 5.74) is -1.20. The second kappa shape index (κ2) is 15.2. The Labute approximate surface area is 306 Å². The Morgan fingerprint density at radius 1 is 0.923 bits per heavy atom. The summed E-state index contributed by atoms with van der Waals surface area (Å²) in [5, 5.41) is 10.5. The van der Waals surface area contributed by atoms with E-state index in [9.17, 15) is 33.6 Å². The Morgan fingerprint density at radius 2 is 1.54 bits per heavy atom. The summed E-state index contributed by atoms with van der Waals surface area (Å²) < 4.78 is 5.43. The van der Waals surface area contributed by atoms with E-state index >= 15 is 0 Å². The summed E-state index contributed by atoms with van der Waals surface area (Å²) in [6.07, 6.45) is 1.18. The van der Waals surface area contributed by atoms with Crippen LogP contribution in [0.3, 0.4) is 0 Å². The van der Waals surface area contributed by atoms with Crippen molar-refractivity contribution in [1.29, 1.82) is 0 Å². The highest BCUT2D eigenvalue weighted by molar-refractivity contribution is 6.38. The molecule has 6 amide bonds. The van der Waals surface area contributed by atoms with Crippen LogP contribution in [0.4, 0.5) is 4.79 Å². The lowest BCUT2D eigenvalue weighted by Gasteiger charge is -2.38. The second-order valence-electron chi connectivity index (χ2n) is 17.3. The molecule has 6 atom stereocenters. The van der Waals surface area contributed by atoms with E-state index in [0.717, 1.165) is 12.8 Å². The molecule has 4 N–H and O–H groups in total. The van der Waals surface area contributed by atoms with Gasteiger partial charge in [-0.15, -0.1) is 0 Å². The molecule has 2 aliphatic carbocycles. The zero-order valence-corrected chi connectivity index (χ0v) is 32.1. The van der Waals surface area contributed by atoms with Gasteiger partial charge in [-0.3, -0.25) is 28.8 Å². The van der Waals surface area contributed by atoms with E-state index in [1.54, 1.807) is 65.2 Å². The quantitative estimate of drug-likeness (QED) is 0.224. The first-order chi connectivity index (χ1) is 24.0. The molecular formula is C38H56N6O8. The van der Waals surface area contributed by atoms with Crippen LogP contribution in [0, 0.1) is 28.6 Å². The lowest BCUT2D eigenvalue weighted by atomic mass is 9.85. The van der Waals surface area contributed by atoms with Gasteiger partial charge in [-0.05, 0) is 61.3 Å². The van der Waals surface area contributed by atoms with Crippen LogP contribution in [-0.4, -0.2) is 102 Å². The molecule has 14 heteroatoms. The number of hydrogen-bond donors (Lipinski definition) is 4. The van der Waals surface area contributed by atoms with Crippen LogP contribution in [0.15, 0.2) is 30.3 Å². The van der Waals surface area contributed by atoms with E-state index < -0.39 is 77.2 Å². The van der Waals surface area contributed by atoms with Crippen LogP contribution in [0.5, 0.6) is 0 Å². The van der Waals surface area contributed by atoms with Gasteiger partial charge in [-0.2, -0.15) is 0 Å². The number of amides is 6. The molecule has 3 fully saturated rings. The average Bonchev–Trinajstić information content (AvgIpc) is 3.90. The predicted molar refractivity (Wildman–Crippen MR) is 192 cm³/mol. The number of rotatable bonds is 13. The van der Waals surface area contributed by atoms with Gasteiger partial charge in [-0.1, -0.05) is 77.8 Å². The standard InChI is InChI=1S/C38H56N6O8/c1-36(2,3)30(42-35(51)52-37(4,5)6)34(50)44-20-23-26(38(23,7)8)28(44)31(47)40-24(18-21-16-17-21)29(46)32(48)39-19-25(45)41-27(33(49)43(9)10)22-14-12-11-13-15-22/h11-15,21,23-24,26-28,30H,16-20H2,1-10H3,(H,39,48)(H,40,47)(H,41,45)(H,42,51)/t23-,24?,26-,27-,28-,30+/m0/s1. The number of benzene rings is 1.